The first-order chi connectivity index (χ1) is 14.4. The highest BCUT2D eigenvalue weighted by atomic mass is 79.9. The fraction of sp³-hybridized carbons (Fsp3) is 0.259. The Bertz CT molecular complexity index is 1280. The van der Waals surface area contributed by atoms with Gasteiger partial charge in [-0.15, -0.1) is 0 Å². The van der Waals surface area contributed by atoms with Crippen molar-refractivity contribution in [2.45, 2.75) is 47.7 Å². The Morgan fingerprint density at radius 3 is 2.16 bits per heavy atom. The molecule has 0 saturated carbocycles. The van der Waals surface area contributed by atoms with E-state index in [4.69, 9.17) is 0 Å². The number of rotatable bonds is 4. The van der Waals surface area contributed by atoms with E-state index in [9.17, 15) is 5.26 Å². The van der Waals surface area contributed by atoms with Crippen LogP contribution in [0.2, 0.25) is 0 Å². The maximum absolute atomic E-state index is 9.22. The Morgan fingerprint density at radius 1 is 0.839 bits per heavy atom. The molecule has 1 aromatic heterocycles. The molecule has 0 aliphatic rings. The summed E-state index contributed by atoms with van der Waals surface area (Å²) in [4.78, 5) is 0. The van der Waals surface area contributed by atoms with Crippen LogP contribution < -0.4 is 21.5 Å². The highest BCUT2D eigenvalue weighted by molar-refractivity contribution is 5.72. The maximum atomic E-state index is 9.22. The van der Waals surface area contributed by atoms with Crippen LogP contribution in [0.3, 0.4) is 0 Å². The molecule has 0 N–H and O–H groups in total. The highest BCUT2D eigenvalue weighted by Gasteiger charge is 2.19. The summed E-state index contributed by atoms with van der Waals surface area (Å²) in [6, 6.07) is 18.7. The summed E-state index contributed by atoms with van der Waals surface area (Å²) < 4.78 is 4.64. The van der Waals surface area contributed by atoms with Crippen molar-refractivity contribution in [2.75, 3.05) is 0 Å². The maximum Gasteiger partial charge on any atom is 0.245 e. The molecule has 0 bridgehead atoms. The summed E-state index contributed by atoms with van der Waals surface area (Å²) >= 11 is 0. The van der Waals surface area contributed by atoms with E-state index in [0.29, 0.717) is 5.56 Å². The molecule has 0 saturated heterocycles. The molecule has 0 radical (unpaired) electrons. The quantitative estimate of drug-likeness (QED) is 0.419. The average Bonchev–Trinajstić information content (AvgIpc) is 3.11. The number of hydrogen-bond donors (Lipinski definition) is 0. The molecule has 4 aromatic rings. The second kappa shape index (κ2) is 9.08. The van der Waals surface area contributed by atoms with Crippen LogP contribution in [0.4, 0.5) is 0 Å². The number of hydrogen-bond acceptors (Lipinski definition) is 1. The van der Waals surface area contributed by atoms with Crippen LogP contribution in [0.5, 0.6) is 0 Å². The van der Waals surface area contributed by atoms with E-state index in [-0.39, 0.29) is 17.0 Å². The number of imidazole rings is 1. The number of nitrogens with zero attached hydrogens (tertiary/aromatic N) is 3. The Kier molecular flexibility index (Phi) is 6.67. The molecule has 0 atom stereocenters. The van der Waals surface area contributed by atoms with Gasteiger partial charge in [-0.3, -0.25) is 0 Å². The Hall–Kier alpha value is -2.90. The van der Waals surface area contributed by atoms with Crippen molar-refractivity contribution in [1.82, 2.24) is 4.57 Å². The van der Waals surface area contributed by atoms with E-state index in [1.807, 2.05) is 18.2 Å². The molecule has 4 rings (SSSR count). The van der Waals surface area contributed by atoms with Gasteiger partial charge in [-0.1, -0.05) is 24.3 Å². The summed E-state index contributed by atoms with van der Waals surface area (Å²) in [5.74, 6) is 0. The van der Waals surface area contributed by atoms with Gasteiger partial charge in [0.15, 0.2) is 11.0 Å². The van der Waals surface area contributed by atoms with Crippen molar-refractivity contribution in [3.63, 3.8) is 0 Å². The third-order valence-electron chi connectivity index (χ3n) is 6.67. The van der Waals surface area contributed by atoms with Gasteiger partial charge in [0.05, 0.1) is 11.6 Å². The molecular formula is C27H28BrN3. The fourth-order valence-electron chi connectivity index (χ4n) is 4.42. The molecule has 31 heavy (non-hydrogen) atoms. The van der Waals surface area contributed by atoms with Gasteiger partial charge in [-0.2, -0.15) is 5.26 Å². The zero-order valence-electron chi connectivity index (χ0n) is 18.8. The van der Waals surface area contributed by atoms with Crippen molar-refractivity contribution in [3.8, 4) is 6.07 Å². The van der Waals surface area contributed by atoms with Crippen LogP contribution in [0, 0.1) is 45.9 Å². The van der Waals surface area contributed by atoms with E-state index in [1.54, 1.807) is 0 Å². The largest absolute Gasteiger partial charge is 1.00 e. The third kappa shape index (κ3) is 4.16. The first kappa shape index (κ1) is 22.8. The summed E-state index contributed by atoms with van der Waals surface area (Å²) in [7, 11) is 0. The number of aromatic nitrogens is 2. The molecule has 0 aliphatic carbocycles. The van der Waals surface area contributed by atoms with Crippen LogP contribution >= 0.6 is 0 Å². The Morgan fingerprint density at radius 2 is 1.48 bits per heavy atom. The lowest BCUT2D eigenvalue weighted by atomic mass is 9.89. The lowest BCUT2D eigenvalue weighted by Crippen LogP contribution is -3.00. The smallest absolute Gasteiger partial charge is 0.245 e. The van der Waals surface area contributed by atoms with E-state index >= 15 is 0 Å². The van der Waals surface area contributed by atoms with Gasteiger partial charge >= 0.3 is 0 Å². The van der Waals surface area contributed by atoms with E-state index in [0.717, 1.165) is 18.7 Å². The lowest BCUT2D eigenvalue weighted by Gasteiger charge is -2.17. The molecule has 0 unspecified atom stereocenters. The monoisotopic (exact) mass is 473 g/mol. The molecule has 3 nitrogen and oxygen atoms in total. The van der Waals surface area contributed by atoms with Crippen molar-refractivity contribution in [2.24, 2.45) is 0 Å². The Balaban J connectivity index is 0.00000272. The molecule has 3 aromatic carbocycles. The van der Waals surface area contributed by atoms with Gasteiger partial charge in [-0.25, -0.2) is 9.13 Å². The first-order valence-electron chi connectivity index (χ1n) is 10.4. The minimum absolute atomic E-state index is 0. The molecular weight excluding hydrogens is 446 g/mol. The summed E-state index contributed by atoms with van der Waals surface area (Å²) in [6.07, 6.45) is 2.22. The zero-order chi connectivity index (χ0) is 21.4. The highest BCUT2D eigenvalue weighted by Crippen LogP contribution is 2.27. The molecule has 0 aliphatic heterocycles. The van der Waals surface area contributed by atoms with Crippen LogP contribution in [0.25, 0.3) is 11.0 Å². The Labute approximate surface area is 195 Å². The van der Waals surface area contributed by atoms with Gasteiger partial charge in [0.1, 0.15) is 13.1 Å². The minimum atomic E-state index is 0. The minimum Gasteiger partial charge on any atom is -1.00 e. The summed E-state index contributed by atoms with van der Waals surface area (Å²) in [6.45, 7) is 12.8. The molecule has 1 heterocycles. The van der Waals surface area contributed by atoms with Crippen molar-refractivity contribution in [3.05, 3.63) is 99.4 Å². The standard InChI is InChI=1S/C27H28N3.BrH/c1-18-19(2)21(4)25(22(5)20(18)3)16-30-17-29(26-11-6-7-12-27(26)30)15-24-10-8-9-23(13-24)14-28;/h6-13,17H,15-16H2,1-5H3;1H/q+1;/p-1. The molecule has 0 fully saturated rings. The number of halogens is 1. The number of fused-ring (bicyclic) bond motifs is 1. The summed E-state index contributed by atoms with van der Waals surface area (Å²) in [5, 5.41) is 9.22. The molecule has 0 spiro atoms. The SMILES string of the molecule is Cc1c(C)c(C)c(Cn2c[n+](Cc3cccc(C#N)c3)c3ccccc32)c(C)c1C.[Br-]. The molecule has 4 heteroatoms. The van der Waals surface area contributed by atoms with E-state index in [2.05, 4.69) is 86.5 Å². The normalized spacial score (nSPS) is 10.7. The van der Waals surface area contributed by atoms with Gasteiger partial charge in [0.25, 0.3) is 0 Å². The van der Waals surface area contributed by atoms with E-state index < -0.39 is 0 Å². The van der Waals surface area contributed by atoms with Gasteiger partial charge in [-0.05, 0) is 97.8 Å². The summed E-state index contributed by atoms with van der Waals surface area (Å²) in [5.41, 5.74) is 12.7. The average molecular weight is 474 g/mol. The zero-order valence-corrected chi connectivity index (χ0v) is 20.4. The first-order valence-corrected chi connectivity index (χ1v) is 10.4. The second-order valence-corrected chi connectivity index (χ2v) is 8.28. The second-order valence-electron chi connectivity index (χ2n) is 8.28. The van der Waals surface area contributed by atoms with Crippen molar-refractivity contribution < 1.29 is 21.5 Å². The van der Waals surface area contributed by atoms with Crippen LogP contribution in [0.1, 0.15) is 44.5 Å². The van der Waals surface area contributed by atoms with Crippen molar-refractivity contribution in [1.29, 1.82) is 5.26 Å². The van der Waals surface area contributed by atoms with Gasteiger partial charge in [0.2, 0.25) is 6.33 Å². The molecule has 158 valence electrons. The van der Waals surface area contributed by atoms with Crippen LogP contribution in [-0.4, -0.2) is 4.57 Å². The van der Waals surface area contributed by atoms with Crippen LogP contribution in [0.15, 0.2) is 54.9 Å². The number of para-hydroxylation sites is 2. The van der Waals surface area contributed by atoms with Crippen LogP contribution in [-0.2, 0) is 13.1 Å². The van der Waals surface area contributed by atoms with Gasteiger partial charge in [0, 0.05) is 0 Å². The topological polar surface area (TPSA) is 32.6 Å². The predicted octanol–water partition coefficient (Wildman–Crippen LogP) is 2.44. The number of nitriles is 1. The predicted molar refractivity (Wildman–Crippen MR) is 122 cm³/mol. The number of benzene rings is 3. The van der Waals surface area contributed by atoms with Gasteiger partial charge < -0.3 is 17.0 Å². The van der Waals surface area contributed by atoms with Crippen molar-refractivity contribution >= 4 is 11.0 Å². The third-order valence-corrected chi connectivity index (χ3v) is 6.67. The lowest BCUT2D eigenvalue weighted by molar-refractivity contribution is -0.663. The molecule has 0 amide bonds. The fourth-order valence-corrected chi connectivity index (χ4v) is 4.42. The van der Waals surface area contributed by atoms with E-state index in [1.165, 1.54) is 44.4 Å².